The largest absolute Gasteiger partial charge is 0.495 e. The normalized spacial score (nSPS) is 11.4. The Hall–Kier alpha value is -2.95. The Morgan fingerprint density at radius 1 is 1.00 bits per heavy atom. The number of benzene rings is 2. The van der Waals surface area contributed by atoms with E-state index >= 15 is 0 Å². The minimum atomic E-state index is -3.78. The van der Waals surface area contributed by atoms with Crippen LogP contribution in [0.5, 0.6) is 5.75 Å². The number of aromatic nitrogens is 2. The van der Waals surface area contributed by atoms with Crippen molar-refractivity contribution in [2.24, 2.45) is 0 Å². The van der Waals surface area contributed by atoms with Gasteiger partial charge in [-0.15, -0.1) is 0 Å². The first-order chi connectivity index (χ1) is 15.1. The van der Waals surface area contributed by atoms with E-state index in [0.29, 0.717) is 10.8 Å². The van der Waals surface area contributed by atoms with Crippen LogP contribution >= 0.6 is 11.8 Å². The quantitative estimate of drug-likeness (QED) is 0.523. The van der Waals surface area contributed by atoms with Crippen LogP contribution in [-0.2, 0) is 10.0 Å². The van der Waals surface area contributed by atoms with Crippen molar-refractivity contribution in [3.8, 4) is 5.75 Å². The van der Waals surface area contributed by atoms with E-state index in [1.807, 2.05) is 32.0 Å². The Bertz CT molecular complexity index is 1220. The van der Waals surface area contributed by atoms with Gasteiger partial charge in [0, 0.05) is 41.6 Å². The zero-order valence-corrected chi connectivity index (χ0v) is 20.0. The molecule has 3 rings (SSSR count). The molecule has 1 aromatic heterocycles. The number of hydrogen-bond acceptors (Lipinski definition) is 7. The van der Waals surface area contributed by atoms with Crippen LogP contribution in [0.15, 0.2) is 63.5 Å². The van der Waals surface area contributed by atoms with Gasteiger partial charge in [0.25, 0.3) is 5.91 Å². The first-order valence-electron chi connectivity index (χ1n) is 9.62. The van der Waals surface area contributed by atoms with Gasteiger partial charge in [-0.05, 0) is 74.1 Å². The number of ether oxygens (including phenoxy) is 1. The number of amides is 1. The minimum absolute atomic E-state index is 0.0714. The highest BCUT2D eigenvalue weighted by molar-refractivity contribution is 7.99. The average Bonchev–Trinajstić information content (AvgIpc) is 2.73. The second-order valence-electron chi connectivity index (χ2n) is 7.17. The summed E-state index contributed by atoms with van der Waals surface area (Å²) in [6.45, 7) is 3.84. The number of carbonyl (C=O) groups is 1. The number of nitrogens with one attached hydrogen (secondary N) is 1. The zero-order chi connectivity index (χ0) is 23.5. The van der Waals surface area contributed by atoms with Gasteiger partial charge >= 0.3 is 0 Å². The van der Waals surface area contributed by atoms with Crippen LogP contribution in [0.3, 0.4) is 0 Å². The van der Waals surface area contributed by atoms with Gasteiger partial charge in [-0.25, -0.2) is 22.7 Å². The summed E-state index contributed by atoms with van der Waals surface area (Å²) < 4.78 is 31.4. The van der Waals surface area contributed by atoms with Crippen LogP contribution in [0.2, 0.25) is 0 Å². The van der Waals surface area contributed by atoms with Gasteiger partial charge in [0.15, 0.2) is 5.16 Å². The molecule has 3 aromatic rings. The summed E-state index contributed by atoms with van der Waals surface area (Å²) in [6, 6.07) is 13.5. The fourth-order valence-corrected chi connectivity index (χ4v) is 4.81. The second kappa shape index (κ2) is 9.68. The predicted molar refractivity (Wildman–Crippen MR) is 124 cm³/mol. The maximum absolute atomic E-state index is 12.7. The topological polar surface area (TPSA) is 101 Å². The van der Waals surface area contributed by atoms with E-state index in [9.17, 15) is 13.2 Å². The predicted octanol–water partition coefficient (Wildman–Crippen LogP) is 3.76. The average molecular weight is 473 g/mol. The Morgan fingerprint density at radius 3 is 2.19 bits per heavy atom. The third kappa shape index (κ3) is 5.45. The fraction of sp³-hybridized carbons (Fsp3) is 0.227. The lowest BCUT2D eigenvalue weighted by molar-refractivity contribution is 0.102. The maximum atomic E-state index is 12.7. The number of sulfonamides is 1. The number of hydrogen-bond donors (Lipinski definition) is 1. The molecule has 1 heterocycles. The van der Waals surface area contributed by atoms with Gasteiger partial charge in [-0.3, -0.25) is 4.79 Å². The van der Waals surface area contributed by atoms with E-state index in [4.69, 9.17) is 4.74 Å². The summed E-state index contributed by atoms with van der Waals surface area (Å²) in [4.78, 5) is 22.4. The van der Waals surface area contributed by atoms with E-state index in [-0.39, 0.29) is 16.2 Å². The van der Waals surface area contributed by atoms with E-state index in [2.05, 4.69) is 15.3 Å². The highest BCUT2D eigenvalue weighted by atomic mass is 32.2. The molecule has 8 nitrogen and oxygen atoms in total. The van der Waals surface area contributed by atoms with Gasteiger partial charge in [0.05, 0.1) is 7.11 Å². The first-order valence-corrected chi connectivity index (χ1v) is 11.9. The van der Waals surface area contributed by atoms with Crippen molar-refractivity contribution in [3.63, 3.8) is 0 Å². The molecule has 0 atom stereocenters. The van der Waals surface area contributed by atoms with E-state index in [0.717, 1.165) is 20.6 Å². The number of carbonyl (C=O) groups excluding carboxylic acids is 1. The van der Waals surface area contributed by atoms with E-state index < -0.39 is 15.9 Å². The monoisotopic (exact) mass is 472 g/mol. The highest BCUT2D eigenvalue weighted by Crippen LogP contribution is 2.28. The van der Waals surface area contributed by atoms with Crippen LogP contribution in [0.25, 0.3) is 0 Å². The number of anilines is 1. The van der Waals surface area contributed by atoms with Crippen LogP contribution in [-0.4, -0.2) is 49.8 Å². The maximum Gasteiger partial charge on any atom is 0.255 e. The Balaban J connectivity index is 1.77. The second-order valence-corrected chi connectivity index (χ2v) is 10.3. The van der Waals surface area contributed by atoms with Crippen molar-refractivity contribution in [1.29, 1.82) is 0 Å². The van der Waals surface area contributed by atoms with Crippen LogP contribution in [0.4, 0.5) is 5.69 Å². The Kier molecular flexibility index (Phi) is 7.17. The first kappa shape index (κ1) is 23.7. The van der Waals surface area contributed by atoms with Gasteiger partial charge in [-0.1, -0.05) is 0 Å². The number of aryl methyl sites for hydroxylation is 2. The zero-order valence-electron chi connectivity index (χ0n) is 18.4. The molecular weight excluding hydrogens is 448 g/mol. The molecule has 0 unspecified atom stereocenters. The molecule has 168 valence electrons. The molecule has 1 amide bonds. The lowest BCUT2D eigenvalue weighted by Crippen LogP contribution is -2.23. The lowest BCUT2D eigenvalue weighted by Gasteiger charge is -2.15. The van der Waals surface area contributed by atoms with Crippen molar-refractivity contribution in [3.05, 3.63) is 65.5 Å². The van der Waals surface area contributed by atoms with Gasteiger partial charge in [0.1, 0.15) is 10.6 Å². The standard InChI is InChI=1S/C22H24N4O4S2/c1-14-12-15(2)24-22(23-14)31-18-9-7-17(8-10-18)25-21(27)16-6-11-19(30-5)20(13-16)32(28,29)26(3)4/h6-13H,1-5H3,(H,25,27). The molecule has 0 saturated heterocycles. The SMILES string of the molecule is COc1ccc(C(=O)Nc2ccc(Sc3nc(C)cc(C)n3)cc2)cc1S(=O)(=O)N(C)C. The fourth-order valence-electron chi connectivity index (χ4n) is 2.87. The third-order valence-corrected chi connectivity index (χ3v) is 7.18. The molecule has 10 heteroatoms. The summed E-state index contributed by atoms with van der Waals surface area (Å²) in [5.41, 5.74) is 2.58. The molecule has 0 saturated carbocycles. The molecule has 0 aliphatic rings. The summed E-state index contributed by atoms with van der Waals surface area (Å²) in [5, 5.41) is 3.44. The molecule has 0 spiro atoms. The van der Waals surface area contributed by atoms with Crippen molar-refractivity contribution >= 4 is 33.4 Å². The van der Waals surface area contributed by atoms with Gasteiger partial charge < -0.3 is 10.1 Å². The van der Waals surface area contributed by atoms with E-state index in [1.54, 1.807) is 12.1 Å². The number of rotatable bonds is 7. The van der Waals surface area contributed by atoms with Crippen LogP contribution in [0.1, 0.15) is 21.7 Å². The summed E-state index contributed by atoms with van der Waals surface area (Å²) >= 11 is 1.43. The number of nitrogens with zero attached hydrogens (tertiary/aromatic N) is 3. The molecular formula is C22H24N4O4S2. The molecule has 0 fully saturated rings. The van der Waals surface area contributed by atoms with Gasteiger partial charge in [0.2, 0.25) is 10.0 Å². The Morgan fingerprint density at radius 2 is 1.62 bits per heavy atom. The summed E-state index contributed by atoms with van der Waals surface area (Å²) in [5.74, 6) is -0.258. The van der Waals surface area contributed by atoms with E-state index in [1.165, 1.54) is 51.2 Å². The molecule has 0 aliphatic heterocycles. The smallest absolute Gasteiger partial charge is 0.255 e. The molecule has 2 aromatic carbocycles. The third-order valence-electron chi connectivity index (χ3n) is 4.47. The molecule has 32 heavy (non-hydrogen) atoms. The van der Waals surface area contributed by atoms with Gasteiger partial charge in [-0.2, -0.15) is 0 Å². The van der Waals surface area contributed by atoms with Crippen LogP contribution in [0, 0.1) is 13.8 Å². The molecule has 0 radical (unpaired) electrons. The van der Waals surface area contributed by atoms with Crippen molar-refractivity contribution < 1.29 is 17.9 Å². The lowest BCUT2D eigenvalue weighted by atomic mass is 10.2. The number of methoxy groups -OCH3 is 1. The van der Waals surface area contributed by atoms with Crippen molar-refractivity contribution in [1.82, 2.24) is 14.3 Å². The summed E-state index contributed by atoms with van der Waals surface area (Å²) in [7, 11) is 0.447. The van der Waals surface area contributed by atoms with Crippen LogP contribution < -0.4 is 10.1 Å². The van der Waals surface area contributed by atoms with Crippen molar-refractivity contribution in [2.75, 3.05) is 26.5 Å². The minimum Gasteiger partial charge on any atom is -0.495 e. The summed E-state index contributed by atoms with van der Waals surface area (Å²) in [6.07, 6.45) is 0. The Labute approximate surface area is 192 Å². The van der Waals surface area contributed by atoms with Crippen molar-refractivity contribution in [2.45, 2.75) is 28.8 Å². The molecule has 0 bridgehead atoms. The molecule has 0 aliphatic carbocycles. The highest BCUT2D eigenvalue weighted by Gasteiger charge is 2.24. The molecule has 1 N–H and O–H groups in total.